The predicted octanol–water partition coefficient (Wildman–Crippen LogP) is 2.97. The maximum absolute atomic E-state index is 5.95. The van der Waals surface area contributed by atoms with Gasteiger partial charge in [0.15, 0.2) is 0 Å². The van der Waals surface area contributed by atoms with Crippen molar-refractivity contribution in [3.63, 3.8) is 0 Å². The highest BCUT2D eigenvalue weighted by Crippen LogP contribution is 2.26. The number of ether oxygens (including phenoxy) is 1. The molecule has 0 aromatic heterocycles. The van der Waals surface area contributed by atoms with Crippen molar-refractivity contribution in [2.75, 3.05) is 19.7 Å². The molecule has 1 aliphatic rings. The van der Waals surface area contributed by atoms with Crippen molar-refractivity contribution in [2.24, 2.45) is 5.92 Å². The van der Waals surface area contributed by atoms with Gasteiger partial charge < -0.3 is 10.1 Å². The number of nitrogens with one attached hydrogen (secondary N) is 1. The zero-order chi connectivity index (χ0) is 10.9. The molecule has 1 fully saturated rings. The minimum absolute atomic E-state index is 0.554. The molecule has 0 bridgehead atoms. The molecule has 1 rings (SSSR count). The van der Waals surface area contributed by atoms with Crippen LogP contribution in [0.2, 0.25) is 0 Å². The van der Waals surface area contributed by atoms with Crippen LogP contribution in [0.25, 0.3) is 0 Å². The molecule has 0 radical (unpaired) electrons. The SMILES string of the molecule is CCNCCCCOC1CCCCC1C. The lowest BCUT2D eigenvalue weighted by atomic mass is 9.88. The molecular formula is C13H27NO. The van der Waals surface area contributed by atoms with Crippen LogP contribution in [0.4, 0.5) is 0 Å². The molecule has 0 spiro atoms. The fraction of sp³-hybridized carbons (Fsp3) is 1.00. The Labute approximate surface area is 94.8 Å². The van der Waals surface area contributed by atoms with Crippen LogP contribution >= 0.6 is 0 Å². The van der Waals surface area contributed by atoms with E-state index in [-0.39, 0.29) is 0 Å². The fourth-order valence-electron chi connectivity index (χ4n) is 2.29. The lowest BCUT2D eigenvalue weighted by Gasteiger charge is -2.28. The standard InChI is InChI=1S/C13H27NO/c1-3-14-10-6-7-11-15-13-9-5-4-8-12(13)2/h12-14H,3-11H2,1-2H3. The quantitative estimate of drug-likeness (QED) is 0.656. The number of rotatable bonds is 7. The topological polar surface area (TPSA) is 21.3 Å². The third kappa shape index (κ3) is 5.53. The summed E-state index contributed by atoms with van der Waals surface area (Å²) in [6, 6.07) is 0. The molecule has 1 aliphatic carbocycles. The molecule has 0 aromatic rings. The van der Waals surface area contributed by atoms with E-state index in [2.05, 4.69) is 19.2 Å². The van der Waals surface area contributed by atoms with Crippen molar-refractivity contribution in [1.29, 1.82) is 0 Å². The lowest BCUT2D eigenvalue weighted by molar-refractivity contribution is -0.00635. The van der Waals surface area contributed by atoms with E-state index in [1.807, 2.05) is 0 Å². The van der Waals surface area contributed by atoms with Gasteiger partial charge in [-0.25, -0.2) is 0 Å². The van der Waals surface area contributed by atoms with Crippen LogP contribution in [-0.4, -0.2) is 25.8 Å². The van der Waals surface area contributed by atoms with Crippen LogP contribution in [0, 0.1) is 5.92 Å². The maximum atomic E-state index is 5.95. The summed E-state index contributed by atoms with van der Waals surface area (Å²) < 4.78 is 5.95. The number of hydrogen-bond acceptors (Lipinski definition) is 2. The highest BCUT2D eigenvalue weighted by molar-refractivity contribution is 4.72. The minimum atomic E-state index is 0.554. The molecule has 2 nitrogen and oxygen atoms in total. The second-order valence-corrected chi connectivity index (χ2v) is 4.73. The van der Waals surface area contributed by atoms with Crippen molar-refractivity contribution in [3.8, 4) is 0 Å². The van der Waals surface area contributed by atoms with Gasteiger partial charge in [0, 0.05) is 6.61 Å². The Morgan fingerprint density at radius 1 is 1.20 bits per heavy atom. The highest BCUT2D eigenvalue weighted by atomic mass is 16.5. The Morgan fingerprint density at radius 3 is 2.73 bits per heavy atom. The minimum Gasteiger partial charge on any atom is -0.378 e. The lowest BCUT2D eigenvalue weighted by Crippen LogP contribution is -2.26. The first-order chi connectivity index (χ1) is 7.34. The van der Waals surface area contributed by atoms with Gasteiger partial charge in [-0.1, -0.05) is 26.7 Å². The summed E-state index contributed by atoms with van der Waals surface area (Å²) in [5, 5.41) is 3.34. The van der Waals surface area contributed by atoms with Gasteiger partial charge in [-0.2, -0.15) is 0 Å². The molecule has 0 aliphatic heterocycles. The average molecular weight is 213 g/mol. The van der Waals surface area contributed by atoms with Gasteiger partial charge in [-0.05, 0) is 44.7 Å². The Balaban J connectivity index is 1.94. The van der Waals surface area contributed by atoms with Gasteiger partial charge in [0.1, 0.15) is 0 Å². The smallest absolute Gasteiger partial charge is 0.0600 e. The van der Waals surface area contributed by atoms with E-state index in [9.17, 15) is 0 Å². The number of unbranched alkanes of at least 4 members (excludes halogenated alkanes) is 1. The Kier molecular flexibility index (Phi) is 7.03. The zero-order valence-corrected chi connectivity index (χ0v) is 10.4. The van der Waals surface area contributed by atoms with Crippen LogP contribution < -0.4 is 5.32 Å². The van der Waals surface area contributed by atoms with Gasteiger partial charge in [0.2, 0.25) is 0 Å². The van der Waals surface area contributed by atoms with Crippen LogP contribution in [-0.2, 0) is 4.74 Å². The molecule has 15 heavy (non-hydrogen) atoms. The highest BCUT2D eigenvalue weighted by Gasteiger charge is 2.21. The van der Waals surface area contributed by atoms with E-state index in [1.165, 1.54) is 38.5 Å². The molecule has 90 valence electrons. The maximum Gasteiger partial charge on any atom is 0.0600 e. The third-order valence-corrected chi connectivity index (χ3v) is 3.36. The summed E-state index contributed by atoms with van der Waals surface area (Å²) in [5.74, 6) is 0.785. The molecule has 0 amide bonds. The summed E-state index contributed by atoms with van der Waals surface area (Å²) in [7, 11) is 0. The summed E-state index contributed by atoms with van der Waals surface area (Å²) in [4.78, 5) is 0. The van der Waals surface area contributed by atoms with Crippen LogP contribution in [0.5, 0.6) is 0 Å². The van der Waals surface area contributed by atoms with Gasteiger partial charge in [-0.3, -0.25) is 0 Å². The Morgan fingerprint density at radius 2 is 2.00 bits per heavy atom. The van der Waals surface area contributed by atoms with E-state index < -0.39 is 0 Å². The molecular weight excluding hydrogens is 186 g/mol. The van der Waals surface area contributed by atoms with E-state index in [1.54, 1.807) is 0 Å². The summed E-state index contributed by atoms with van der Waals surface area (Å²) in [6.07, 6.45) is 8.42. The normalized spacial score (nSPS) is 26.8. The molecule has 2 atom stereocenters. The number of hydrogen-bond donors (Lipinski definition) is 1. The first-order valence-corrected chi connectivity index (χ1v) is 6.67. The largest absolute Gasteiger partial charge is 0.378 e. The second kappa shape index (κ2) is 8.12. The third-order valence-electron chi connectivity index (χ3n) is 3.36. The molecule has 0 saturated heterocycles. The molecule has 1 N–H and O–H groups in total. The van der Waals surface area contributed by atoms with E-state index >= 15 is 0 Å². The van der Waals surface area contributed by atoms with E-state index in [0.717, 1.165) is 25.6 Å². The van der Waals surface area contributed by atoms with Crippen LogP contribution in [0.15, 0.2) is 0 Å². The van der Waals surface area contributed by atoms with Crippen molar-refractivity contribution >= 4 is 0 Å². The summed E-state index contributed by atoms with van der Waals surface area (Å²) in [6.45, 7) is 7.67. The van der Waals surface area contributed by atoms with Gasteiger partial charge >= 0.3 is 0 Å². The van der Waals surface area contributed by atoms with Crippen molar-refractivity contribution in [2.45, 2.75) is 58.5 Å². The fourth-order valence-corrected chi connectivity index (χ4v) is 2.29. The molecule has 0 aromatic carbocycles. The van der Waals surface area contributed by atoms with E-state index in [0.29, 0.717) is 6.10 Å². The Hall–Kier alpha value is -0.0800. The summed E-state index contributed by atoms with van der Waals surface area (Å²) in [5.41, 5.74) is 0. The van der Waals surface area contributed by atoms with Gasteiger partial charge in [0.05, 0.1) is 6.10 Å². The first-order valence-electron chi connectivity index (χ1n) is 6.67. The average Bonchev–Trinajstić information content (AvgIpc) is 2.25. The zero-order valence-electron chi connectivity index (χ0n) is 10.4. The van der Waals surface area contributed by atoms with Crippen LogP contribution in [0.1, 0.15) is 52.4 Å². The monoisotopic (exact) mass is 213 g/mol. The summed E-state index contributed by atoms with van der Waals surface area (Å²) >= 11 is 0. The van der Waals surface area contributed by atoms with E-state index in [4.69, 9.17) is 4.74 Å². The molecule has 1 saturated carbocycles. The van der Waals surface area contributed by atoms with Crippen LogP contribution in [0.3, 0.4) is 0 Å². The second-order valence-electron chi connectivity index (χ2n) is 4.73. The van der Waals surface area contributed by atoms with Crippen molar-refractivity contribution in [3.05, 3.63) is 0 Å². The van der Waals surface area contributed by atoms with Crippen molar-refractivity contribution in [1.82, 2.24) is 5.32 Å². The molecule has 0 heterocycles. The van der Waals surface area contributed by atoms with Crippen molar-refractivity contribution < 1.29 is 4.74 Å². The molecule has 2 heteroatoms. The first kappa shape index (κ1) is 13.0. The van der Waals surface area contributed by atoms with Gasteiger partial charge in [-0.15, -0.1) is 0 Å². The molecule has 2 unspecified atom stereocenters. The predicted molar refractivity (Wildman–Crippen MR) is 65.1 cm³/mol. The Bertz CT molecular complexity index is 149. The van der Waals surface area contributed by atoms with Gasteiger partial charge in [0.25, 0.3) is 0 Å².